The number of ether oxygens (including phenoxy) is 1. The Morgan fingerprint density at radius 3 is 2.00 bits per heavy atom. The van der Waals surface area contributed by atoms with Gasteiger partial charge in [-0.3, -0.25) is 0 Å². The molecular weight excluding hydrogens is 348 g/mol. The molecular formula is C25H34O3. The molecule has 3 heteroatoms. The van der Waals surface area contributed by atoms with Gasteiger partial charge in [0.15, 0.2) is 0 Å². The molecule has 1 N–H and O–H groups in total. The summed E-state index contributed by atoms with van der Waals surface area (Å²) in [5.41, 5.74) is 8.75. The molecule has 0 aliphatic carbocycles. The van der Waals surface area contributed by atoms with Crippen molar-refractivity contribution in [3.8, 4) is 16.9 Å². The van der Waals surface area contributed by atoms with Crippen molar-refractivity contribution in [2.24, 2.45) is 0 Å². The molecule has 0 bridgehead atoms. The van der Waals surface area contributed by atoms with E-state index in [1.165, 1.54) is 27.8 Å². The average Bonchev–Trinajstić information content (AvgIpc) is 2.68. The first-order chi connectivity index (χ1) is 13.5. The van der Waals surface area contributed by atoms with Crippen molar-refractivity contribution in [2.45, 2.75) is 79.6 Å². The first-order valence-corrected chi connectivity index (χ1v) is 10.7. The van der Waals surface area contributed by atoms with Gasteiger partial charge in [-0.05, 0) is 77.1 Å². The number of hydrogen-bond donors (Lipinski definition) is 1. The number of aryl methyl sites for hydroxylation is 1. The minimum atomic E-state index is -1.25. The van der Waals surface area contributed by atoms with Crippen LogP contribution in [0.5, 0.6) is 5.75 Å². The molecule has 0 amide bonds. The van der Waals surface area contributed by atoms with Crippen molar-refractivity contribution in [3.05, 3.63) is 52.1 Å². The Hall–Kier alpha value is -2.29. The standard InChI is InChI=1S/C25H34O3/c1-6-12-17-14-11-15-22(21(17)13-7-2)23-16-24(28-25(26)27)20(10-5)18(8-3)19(23)9-4/h11,14-16H,6-10,12-13H2,1-5H3,(H,26,27). The molecule has 0 fully saturated rings. The highest BCUT2D eigenvalue weighted by Crippen LogP contribution is 2.39. The largest absolute Gasteiger partial charge is 0.511 e. The van der Waals surface area contributed by atoms with Gasteiger partial charge in [-0.25, -0.2) is 4.79 Å². The van der Waals surface area contributed by atoms with Crippen LogP contribution >= 0.6 is 0 Å². The quantitative estimate of drug-likeness (QED) is 0.375. The van der Waals surface area contributed by atoms with Crippen LogP contribution in [0.4, 0.5) is 4.79 Å². The van der Waals surface area contributed by atoms with Gasteiger partial charge >= 0.3 is 6.16 Å². The zero-order chi connectivity index (χ0) is 20.7. The van der Waals surface area contributed by atoms with E-state index < -0.39 is 6.16 Å². The molecule has 0 atom stereocenters. The summed E-state index contributed by atoms with van der Waals surface area (Å²) in [7, 11) is 0. The van der Waals surface area contributed by atoms with E-state index in [1.807, 2.05) is 6.07 Å². The Bertz CT molecular complexity index is 821. The van der Waals surface area contributed by atoms with Crippen molar-refractivity contribution in [3.63, 3.8) is 0 Å². The molecule has 2 aromatic rings. The maximum atomic E-state index is 11.3. The fourth-order valence-corrected chi connectivity index (χ4v) is 4.38. The maximum absolute atomic E-state index is 11.3. The van der Waals surface area contributed by atoms with Gasteiger partial charge in [-0.15, -0.1) is 0 Å². The molecule has 3 nitrogen and oxygen atoms in total. The van der Waals surface area contributed by atoms with Crippen LogP contribution < -0.4 is 4.74 Å². The second-order valence-electron chi connectivity index (χ2n) is 7.23. The van der Waals surface area contributed by atoms with Gasteiger partial charge in [-0.1, -0.05) is 65.7 Å². The summed E-state index contributed by atoms with van der Waals surface area (Å²) in [5, 5.41) is 9.27. The summed E-state index contributed by atoms with van der Waals surface area (Å²) >= 11 is 0. The van der Waals surface area contributed by atoms with Crippen LogP contribution in [0, 0.1) is 0 Å². The second kappa shape index (κ2) is 10.3. The SMILES string of the molecule is CCCc1cccc(-c2cc(OC(=O)O)c(CC)c(CC)c2CC)c1CCC. The van der Waals surface area contributed by atoms with Crippen molar-refractivity contribution >= 4 is 6.16 Å². The molecule has 0 aliphatic heterocycles. The van der Waals surface area contributed by atoms with Crippen LogP contribution in [0.2, 0.25) is 0 Å². The molecule has 0 spiro atoms. The number of benzene rings is 2. The molecule has 0 saturated carbocycles. The van der Waals surface area contributed by atoms with Gasteiger partial charge in [-0.2, -0.15) is 0 Å². The highest BCUT2D eigenvalue weighted by atomic mass is 16.7. The van der Waals surface area contributed by atoms with E-state index in [-0.39, 0.29) is 0 Å². The molecule has 0 unspecified atom stereocenters. The van der Waals surface area contributed by atoms with Gasteiger partial charge in [0.1, 0.15) is 5.75 Å². The van der Waals surface area contributed by atoms with E-state index in [2.05, 4.69) is 52.8 Å². The molecule has 0 aromatic heterocycles. The predicted molar refractivity (Wildman–Crippen MR) is 117 cm³/mol. The summed E-state index contributed by atoms with van der Waals surface area (Å²) in [6.07, 6.45) is 5.59. The molecule has 2 rings (SSSR count). The lowest BCUT2D eigenvalue weighted by Crippen LogP contribution is -2.10. The molecule has 152 valence electrons. The van der Waals surface area contributed by atoms with Crippen LogP contribution in [-0.4, -0.2) is 11.3 Å². The average molecular weight is 383 g/mol. The van der Waals surface area contributed by atoms with Gasteiger partial charge in [0.2, 0.25) is 0 Å². The number of hydrogen-bond acceptors (Lipinski definition) is 2. The number of rotatable bonds is 9. The number of carboxylic acid groups (broad SMARTS) is 1. The van der Waals surface area contributed by atoms with Crippen molar-refractivity contribution in [2.75, 3.05) is 0 Å². The summed E-state index contributed by atoms with van der Waals surface area (Å²) in [5.74, 6) is 0.488. The van der Waals surface area contributed by atoms with E-state index in [4.69, 9.17) is 4.74 Å². The fourth-order valence-electron chi connectivity index (χ4n) is 4.38. The highest BCUT2D eigenvalue weighted by Gasteiger charge is 2.20. The zero-order valence-electron chi connectivity index (χ0n) is 18.0. The summed E-state index contributed by atoms with van der Waals surface area (Å²) < 4.78 is 5.23. The lowest BCUT2D eigenvalue weighted by Gasteiger charge is -2.22. The summed E-state index contributed by atoms with van der Waals surface area (Å²) in [6.45, 7) is 10.8. The van der Waals surface area contributed by atoms with E-state index in [1.54, 1.807) is 0 Å². The zero-order valence-corrected chi connectivity index (χ0v) is 18.0. The number of carbonyl (C=O) groups is 1. The lowest BCUT2D eigenvalue weighted by molar-refractivity contribution is 0.144. The van der Waals surface area contributed by atoms with E-state index in [0.717, 1.165) is 56.1 Å². The van der Waals surface area contributed by atoms with Crippen LogP contribution in [0.1, 0.15) is 75.3 Å². The highest BCUT2D eigenvalue weighted by molar-refractivity contribution is 5.77. The smallest absolute Gasteiger partial charge is 0.449 e. The molecule has 0 radical (unpaired) electrons. The van der Waals surface area contributed by atoms with Gasteiger partial charge < -0.3 is 9.84 Å². The Morgan fingerprint density at radius 1 is 0.821 bits per heavy atom. The molecule has 0 saturated heterocycles. The summed E-state index contributed by atoms with van der Waals surface area (Å²) in [4.78, 5) is 11.3. The molecule has 0 heterocycles. The Morgan fingerprint density at radius 2 is 1.46 bits per heavy atom. The van der Waals surface area contributed by atoms with E-state index in [0.29, 0.717) is 5.75 Å². The third-order valence-corrected chi connectivity index (χ3v) is 5.47. The van der Waals surface area contributed by atoms with Crippen molar-refractivity contribution in [1.82, 2.24) is 0 Å². The van der Waals surface area contributed by atoms with Crippen LogP contribution in [0.25, 0.3) is 11.1 Å². The minimum absolute atomic E-state index is 0.488. The third-order valence-electron chi connectivity index (χ3n) is 5.47. The summed E-state index contributed by atoms with van der Waals surface area (Å²) in [6, 6.07) is 8.53. The Kier molecular flexibility index (Phi) is 8.10. The topological polar surface area (TPSA) is 46.5 Å². The Labute approximate surface area is 169 Å². The maximum Gasteiger partial charge on any atom is 0.511 e. The van der Waals surface area contributed by atoms with Crippen molar-refractivity contribution in [1.29, 1.82) is 0 Å². The van der Waals surface area contributed by atoms with Crippen LogP contribution in [-0.2, 0) is 32.1 Å². The van der Waals surface area contributed by atoms with Crippen LogP contribution in [0.3, 0.4) is 0 Å². The first-order valence-electron chi connectivity index (χ1n) is 10.7. The van der Waals surface area contributed by atoms with E-state index >= 15 is 0 Å². The lowest BCUT2D eigenvalue weighted by atomic mass is 9.84. The van der Waals surface area contributed by atoms with Gasteiger partial charge in [0, 0.05) is 0 Å². The molecule has 2 aromatic carbocycles. The van der Waals surface area contributed by atoms with Gasteiger partial charge in [0.05, 0.1) is 0 Å². The van der Waals surface area contributed by atoms with E-state index in [9.17, 15) is 9.90 Å². The van der Waals surface area contributed by atoms with Gasteiger partial charge in [0.25, 0.3) is 0 Å². The Balaban J connectivity index is 2.84. The first kappa shape index (κ1) is 22.0. The predicted octanol–water partition coefficient (Wildman–Crippen LogP) is 7.00. The monoisotopic (exact) mass is 382 g/mol. The minimum Gasteiger partial charge on any atom is -0.449 e. The second-order valence-corrected chi connectivity index (χ2v) is 7.23. The fraction of sp³-hybridized carbons (Fsp3) is 0.480. The normalized spacial score (nSPS) is 10.9. The molecule has 0 aliphatic rings. The van der Waals surface area contributed by atoms with Crippen molar-refractivity contribution < 1.29 is 14.6 Å². The van der Waals surface area contributed by atoms with Crippen LogP contribution in [0.15, 0.2) is 24.3 Å². The third kappa shape index (κ3) is 4.57. The molecule has 28 heavy (non-hydrogen) atoms.